The van der Waals surface area contributed by atoms with Crippen molar-refractivity contribution in [3.63, 3.8) is 0 Å². The summed E-state index contributed by atoms with van der Waals surface area (Å²) >= 11 is 0. The van der Waals surface area contributed by atoms with E-state index < -0.39 is 41.7 Å². The van der Waals surface area contributed by atoms with E-state index in [0.29, 0.717) is 5.56 Å². The molecule has 0 radical (unpaired) electrons. The number of aryl methyl sites for hydroxylation is 1. The number of aromatic amines is 1. The van der Waals surface area contributed by atoms with Gasteiger partial charge in [-0.25, -0.2) is 9.59 Å². The first kappa shape index (κ1) is 20.3. The second-order valence-corrected chi connectivity index (χ2v) is 6.75. The van der Waals surface area contributed by atoms with Crippen molar-refractivity contribution in [1.82, 2.24) is 14.9 Å². The summed E-state index contributed by atoms with van der Waals surface area (Å²) in [5.41, 5.74) is -0.0697. The van der Waals surface area contributed by atoms with Crippen LogP contribution >= 0.6 is 0 Å². The molecule has 2 aromatic rings. The maximum Gasteiger partial charge on any atom is 0.407 e. The van der Waals surface area contributed by atoms with Crippen LogP contribution in [0.15, 0.2) is 46.1 Å². The molecule has 1 aromatic heterocycles. The first-order chi connectivity index (χ1) is 13.8. The number of carbonyl (C=O) groups is 2. The van der Waals surface area contributed by atoms with Crippen LogP contribution in [-0.2, 0) is 20.9 Å². The molecular weight excluding hydrogens is 382 g/mol. The van der Waals surface area contributed by atoms with Gasteiger partial charge in [-0.1, -0.05) is 30.3 Å². The highest BCUT2D eigenvalue weighted by Crippen LogP contribution is 2.29. The molecule has 1 aromatic carbocycles. The number of nitrogens with zero attached hydrogens (tertiary/aromatic N) is 1. The summed E-state index contributed by atoms with van der Waals surface area (Å²) in [4.78, 5) is 49.2. The zero-order valence-electron chi connectivity index (χ0n) is 15.7. The van der Waals surface area contributed by atoms with Gasteiger partial charge in [0.15, 0.2) is 0 Å². The molecule has 3 rings (SSSR count). The number of rotatable bonds is 6. The number of alkyl carbamates (subject to hydrolysis) is 1. The van der Waals surface area contributed by atoms with E-state index in [-0.39, 0.29) is 19.4 Å². The number of carbonyl (C=O) groups excluding carboxylic acids is 1. The van der Waals surface area contributed by atoms with Crippen LogP contribution in [0.4, 0.5) is 4.79 Å². The van der Waals surface area contributed by atoms with Gasteiger partial charge in [0, 0.05) is 18.2 Å². The molecule has 3 N–H and O–H groups in total. The van der Waals surface area contributed by atoms with E-state index >= 15 is 0 Å². The minimum absolute atomic E-state index is 0.0614. The Kier molecular flexibility index (Phi) is 6.13. The number of H-pyrrole nitrogens is 1. The molecule has 1 aliphatic rings. The van der Waals surface area contributed by atoms with Crippen LogP contribution in [0.2, 0.25) is 0 Å². The van der Waals surface area contributed by atoms with Crippen molar-refractivity contribution < 1.29 is 24.2 Å². The van der Waals surface area contributed by atoms with Gasteiger partial charge in [0.2, 0.25) is 0 Å². The molecule has 10 heteroatoms. The maximum atomic E-state index is 12.2. The number of carboxylic acids is 1. The Labute approximate surface area is 165 Å². The van der Waals surface area contributed by atoms with Crippen molar-refractivity contribution in [2.75, 3.05) is 0 Å². The van der Waals surface area contributed by atoms with Crippen LogP contribution in [0.5, 0.6) is 0 Å². The molecule has 29 heavy (non-hydrogen) atoms. The number of ether oxygens (including phenoxy) is 2. The Bertz CT molecular complexity index is 999. The number of benzene rings is 1. The molecule has 154 valence electrons. The average molecular weight is 403 g/mol. The smallest absolute Gasteiger partial charge is 0.407 e. The normalized spacial score (nSPS) is 20.9. The maximum absolute atomic E-state index is 12.2. The van der Waals surface area contributed by atoms with Gasteiger partial charge in [-0.05, 0) is 12.5 Å². The molecule has 1 aliphatic heterocycles. The lowest BCUT2D eigenvalue weighted by Crippen LogP contribution is -2.41. The zero-order chi connectivity index (χ0) is 21.0. The quantitative estimate of drug-likeness (QED) is 0.651. The van der Waals surface area contributed by atoms with Crippen molar-refractivity contribution in [3.8, 4) is 0 Å². The highest BCUT2D eigenvalue weighted by molar-refractivity contribution is 5.69. The van der Waals surface area contributed by atoms with Gasteiger partial charge < -0.3 is 19.9 Å². The number of aliphatic carboxylic acids is 1. The Morgan fingerprint density at radius 2 is 2.03 bits per heavy atom. The summed E-state index contributed by atoms with van der Waals surface area (Å²) < 4.78 is 12.1. The zero-order valence-corrected chi connectivity index (χ0v) is 15.7. The Morgan fingerprint density at radius 1 is 1.31 bits per heavy atom. The van der Waals surface area contributed by atoms with Gasteiger partial charge in [0.1, 0.15) is 12.8 Å². The van der Waals surface area contributed by atoms with E-state index in [0.717, 1.165) is 5.56 Å². The topological polar surface area (TPSA) is 140 Å². The largest absolute Gasteiger partial charge is 0.481 e. The lowest BCUT2D eigenvalue weighted by molar-refractivity contribution is -0.140. The first-order valence-electron chi connectivity index (χ1n) is 9.00. The minimum atomic E-state index is -1.11. The monoisotopic (exact) mass is 403 g/mol. The third-order valence-electron chi connectivity index (χ3n) is 4.58. The number of hydrogen-bond donors (Lipinski definition) is 3. The summed E-state index contributed by atoms with van der Waals surface area (Å²) in [6, 6.07) is 8.41. The molecule has 10 nitrogen and oxygen atoms in total. The third kappa shape index (κ3) is 5.11. The molecule has 1 unspecified atom stereocenters. The van der Waals surface area contributed by atoms with Crippen LogP contribution in [0.1, 0.15) is 30.2 Å². The molecule has 1 saturated heterocycles. The van der Waals surface area contributed by atoms with Crippen molar-refractivity contribution >= 4 is 12.1 Å². The number of aromatic nitrogens is 2. The SMILES string of the molecule is Cc1cn([C@H]2CC(NC(=O)OCc3ccccc3)[C@@H](CC(=O)O)O2)c(=O)[nH]c1=O. The molecule has 0 bridgehead atoms. The minimum Gasteiger partial charge on any atom is -0.481 e. The number of carboxylic acid groups (broad SMARTS) is 1. The van der Waals surface area contributed by atoms with Gasteiger partial charge in [-0.3, -0.25) is 19.1 Å². The van der Waals surface area contributed by atoms with Crippen LogP contribution in [0.3, 0.4) is 0 Å². The highest BCUT2D eigenvalue weighted by Gasteiger charge is 2.39. The molecule has 3 atom stereocenters. The fourth-order valence-corrected chi connectivity index (χ4v) is 3.13. The van der Waals surface area contributed by atoms with E-state index in [1.165, 1.54) is 17.7 Å². The van der Waals surface area contributed by atoms with Gasteiger partial charge in [0.25, 0.3) is 5.56 Å². The second-order valence-electron chi connectivity index (χ2n) is 6.75. The molecule has 1 amide bonds. The van der Waals surface area contributed by atoms with Gasteiger partial charge in [0.05, 0.1) is 18.6 Å². The van der Waals surface area contributed by atoms with Crippen molar-refractivity contribution in [2.45, 2.75) is 44.7 Å². The molecule has 0 aliphatic carbocycles. The van der Waals surface area contributed by atoms with E-state index in [2.05, 4.69) is 10.3 Å². The summed E-state index contributed by atoms with van der Waals surface area (Å²) in [6.07, 6.45) is -1.29. The average Bonchev–Trinajstić information content (AvgIpc) is 3.05. The van der Waals surface area contributed by atoms with Crippen molar-refractivity contribution in [3.05, 3.63) is 68.5 Å². The molecular formula is C19H21N3O7. The van der Waals surface area contributed by atoms with Crippen LogP contribution < -0.4 is 16.6 Å². The van der Waals surface area contributed by atoms with Gasteiger partial charge >= 0.3 is 17.8 Å². The highest BCUT2D eigenvalue weighted by atomic mass is 16.6. The van der Waals surface area contributed by atoms with Gasteiger partial charge in [-0.2, -0.15) is 0 Å². The standard InChI is InChI=1S/C19H21N3O7/c1-11-9-22(18(26)21-17(11)25)15-7-13(14(29-15)8-16(23)24)20-19(27)28-10-12-5-3-2-4-6-12/h2-6,9,13-15H,7-8,10H2,1H3,(H,20,27)(H,23,24)(H,21,25,26)/t13?,14-,15-/m1/s1. The molecule has 2 heterocycles. The van der Waals surface area contributed by atoms with Crippen LogP contribution in [0.25, 0.3) is 0 Å². The molecule has 0 saturated carbocycles. The lowest BCUT2D eigenvalue weighted by Gasteiger charge is -2.17. The molecule has 1 fully saturated rings. The lowest BCUT2D eigenvalue weighted by atomic mass is 10.1. The number of amides is 1. The van der Waals surface area contributed by atoms with Crippen LogP contribution in [0, 0.1) is 6.92 Å². The molecule has 0 spiro atoms. The van der Waals surface area contributed by atoms with E-state index in [9.17, 15) is 19.2 Å². The summed E-state index contributed by atoms with van der Waals surface area (Å²) in [5.74, 6) is -1.11. The predicted octanol–water partition coefficient (Wildman–Crippen LogP) is 0.902. The number of nitrogens with one attached hydrogen (secondary N) is 2. The Balaban J connectivity index is 1.70. The fraction of sp³-hybridized carbons (Fsp3) is 0.368. The summed E-state index contributed by atoms with van der Waals surface area (Å²) in [7, 11) is 0. The second kappa shape index (κ2) is 8.74. The Morgan fingerprint density at radius 3 is 2.72 bits per heavy atom. The predicted molar refractivity (Wildman–Crippen MR) is 100 cm³/mol. The van der Waals surface area contributed by atoms with Gasteiger partial charge in [-0.15, -0.1) is 0 Å². The van der Waals surface area contributed by atoms with Crippen molar-refractivity contribution in [2.24, 2.45) is 0 Å². The summed E-state index contributed by atoms with van der Waals surface area (Å²) in [5, 5.41) is 11.7. The van der Waals surface area contributed by atoms with E-state index in [1.807, 2.05) is 18.2 Å². The summed E-state index contributed by atoms with van der Waals surface area (Å²) in [6.45, 7) is 1.60. The Hall–Kier alpha value is -3.40. The van der Waals surface area contributed by atoms with E-state index in [4.69, 9.17) is 14.6 Å². The first-order valence-corrected chi connectivity index (χ1v) is 9.00. The van der Waals surface area contributed by atoms with Crippen molar-refractivity contribution in [1.29, 1.82) is 0 Å². The third-order valence-corrected chi connectivity index (χ3v) is 4.58. The van der Waals surface area contributed by atoms with Crippen LogP contribution in [-0.4, -0.2) is 38.9 Å². The fourth-order valence-electron chi connectivity index (χ4n) is 3.13. The number of hydrogen-bond acceptors (Lipinski definition) is 6. The van der Waals surface area contributed by atoms with E-state index in [1.54, 1.807) is 12.1 Å².